The summed E-state index contributed by atoms with van der Waals surface area (Å²) < 4.78 is 32.1. The number of benzene rings is 1. The summed E-state index contributed by atoms with van der Waals surface area (Å²) in [5.74, 6) is -2.51. The number of nitrogens with one attached hydrogen (secondary N) is 1. The molecular weight excluding hydrogens is 290 g/mol. The molecule has 22 heavy (non-hydrogen) atoms. The van der Waals surface area contributed by atoms with Crippen LogP contribution in [-0.2, 0) is 0 Å². The summed E-state index contributed by atoms with van der Waals surface area (Å²) in [6, 6.07) is 2.67. The summed E-state index contributed by atoms with van der Waals surface area (Å²) in [6.45, 7) is 6.61. The summed E-state index contributed by atoms with van der Waals surface area (Å²) in [6.07, 6.45) is 0.987. The predicted molar refractivity (Wildman–Crippen MR) is 80.1 cm³/mol. The predicted octanol–water partition coefficient (Wildman–Crippen LogP) is 2.43. The zero-order chi connectivity index (χ0) is 16.3. The molecule has 0 bridgehead atoms. The third-order valence-corrected chi connectivity index (χ3v) is 4.10. The van der Waals surface area contributed by atoms with E-state index in [2.05, 4.69) is 24.1 Å². The summed E-state index contributed by atoms with van der Waals surface area (Å²) in [4.78, 5) is 14.5. The first-order valence-corrected chi connectivity index (χ1v) is 7.48. The molecule has 1 N–H and O–H groups in total. The van der Waals surface area contributed by atoms with Crippen LogP contribution in [0.3, 0.4) is 0 Å². The maximum atomic E-state index is 13.8. The second kappa shape index (κ2) is 7.05. The number of ether oxygens (including phenoxy) is 1. The Morgan fingerprint density at radius 1 is 1.45 bits per heavy atom. The second-order valence-corrected chi connectivity index (χ2v) is 5.89. The van der Waals surface area contributed by atoms with Crippen LogP contribution >= 0.6 is 0 Å². The fourth-order valence-electron chi connectivity index (χ4n) is 2.74. The van der Waals surface area contributed by atoms with Crippen LogP contribution in [0.5, 0.6) is 5.75 Å². The van der Waals surface area contributed by atoms with Gasteiger partial charge >= 0.3 is 0 Å². The first-order chi connectivity index (χ1) is 10.4. The highest BCUT2D eigenvalue weighted by Crippen LogP contribution is 2.24. The number of halogens is 2. The number of rotatable bonds is 5. The highest BCUT2D eigenvalue weighted by atomic mass is 19.2. The zero-order valence-corrected chi connectivity index (χ0v) is 13.2. The minimum Gasteiger partial charge on any atom is -0.496 e. The Morgan fingerprint density at radius 2 is 2.18 bits per heavy atom. The molecule has 0 unspecified atom stereocenters. The maximum Gasteiger partial charge on any atom is 0.258 e. The number of carbonyl (C=O) groups is 1. The third-order valence-electron chi connectivity index (χ3n) is 4.10. The van der Waals surface area contributed by atoms with Gasteiger partial charge in [0.1, 0.15) is 11.3 Å². The Hall–Kier alpha value is -1.69. The Bertz CT molecular complexity index is 549. The lowest BCUT2D eigenvalue weighted by Crippen LogP contribution is -2.33. The molecule has 1 amide bonds. The van der Waals surface area contributed by atoms with Crippen LogP contribution in [0, 0.1) is 17.6 Å². The second-order valence-electron chi connectivity index (χ2n) is 5.89. The fourth-order valence-corrected chi connectivity index (χ4v) is 2.74. The molecule has 6 heteroatoms. The molecule has 0 aliphatic carbocycles. The molecule has 4 nitrogen and oxygen atoms in total. The molecule has 1 saturated heterocycles. The van der Waals surface area contributed by atoms with Gasteiger partial charge in [0.25, 0.3) is 5.91 Å². The first kappa shape index (κ1) is 16.7. The van der Waals surface area contributed by atoms with Crippen molar-refractivity contribution in [3.8, 4) is 5.75 Å². The van der Waals surface area contributed by atoms with Gasteiger partial charge in [0.15, 0.2) is 11.6 Å². The van der Waals surface area contributed by atoms with E-state index in [1.165, 1.54) is 13.2 Å². The number of hydrogen-bond acceptors (Lipinski definition) is 3. The van der Waals surface area contributed by atoms with Gasteiger partial charge < -0.3 is 15.0 Å². The first-order valence-electron chi connectivity index (χ1n) is 7.48. The molecule has 0 spiro atoms. The summed E-state index contributed by atoms with van der Waals surface area (Å²) in [5.41, 5.74) is -0.374. The lowest BCUT2D eigenvalue weighted by atomic mass is 10.1. The van der Waals surface area contributed by atoms with Crippen LogP contribution in [0.2, 0.25) is 0 Å². The molecule has 122 valence electrons. The van der Waals surface area contributed by atoms with Gasteiger partial charge in [0.2, 0.25) is 0 Å². The minimum absolute atomic E-state index is 0.0339. The van der Waals surface area contributed by atoms with E-state index in [-0.39, 0.29) is 11.3 Å². The number of carbonyl (C=O) groups excluding carboxylic acids is 1. The van der Waals surface area contributed by atoms with Gasteiger partial charge in [-0.25, -0.2) is 8.78 Å². The van der Waals surface area contributed by atoms with Crippen LogP contribution < -0.4 is 10.1 Å². The highest BCUT2D eigenvalue weighted by Gasteiger charge is 2.26. The quantitative estimate of drug-likeness (QED) is 0.908. The summed E-state index contributed by atoms with van der Waals surface area (Å²) in [5, 5.41) is 2.69. The topological polar surface area (TPSA) is 41.6 Å². The van der Waals surface area contributed by atoms with Crippen molar-refractivity contribution in [2.45, 2.75) is 26.3 Å². The standard InChI is InChI=1S/C16H22F2N2O2/c1-10(2)20-7-6-11(9-20)8-19-16(21)14-13(22-3)5-4-12(17)15(14)18/h4-5,10-11H,6-9H2,1-3H3,(H,19,21)/t11-/m1/s1. The average Bonchev–Trinajstić information content (AvgIpc) is 2.96. The largest absolute Gasteiger partial charge is 0.496 e. The van der Waals surface area contributed by atoms with E-state index in [0.717, 1.165) is 25.6 Å². The lowest BCUT2D eigenvalue weighted by Gasteiger charge is -2.20. The van der Waals surface area contributed by atoms with E-state index in [4.69, 9.17) is 4.74 Å². The summed E-state index contributed by atoms with van der Waals surface area (Å²) >= 11 is 0. The van der Waals surface area contributed by atoms with Crippen molar-refractivity contribution < 1.29 is 18.3 Å². The van der Waals surface area contributed by atoms with E-state index < -0.39 is 17.5 Å². The molecule has 1 aliphatic rings. The third kappa shape index (κ3) is 3.55. The molecule has 0 saturated carbocycles. The average molecular weight is 312 g/mol. The Morgan fingerprint density at radius 3 is 2.77 bits per heavy atom. The maximum absolute atomic E-state index is 13.8. The Kier molecular flexibility index (Phi) is 5.34. The van der Waals surface area contributed by atoms with Crippen molar-refractivity contribution in [1.29, 1.82) is 0 Å². The van der Waals surface area contributed by atoms with Crippen molar-refractivity contribution in [1.82, 2.24) is 10.2 Å². The van der Waals surface area contributed by atoms with Crippen molar-refractivity contribution in [2.24, 2.45) is 5.92 Å². The Balaban J connectivity index is 2.00. The molecule has 1 fully saturated rings. The van der Waals surface area contributed by atoms with Crippen molar-refractivity contribution in [2.75, 3.05) is 26.7 Å². The molecule has 1 aromatic rings. The number of hydrogen-bond donors (Lipinski definition) is 1. The van der Waals surface area contributed by atoms with Crippen molar-refractivity contribution in [3.63, 3.8) is 0 Å². The molecule has 1 atom stereocenters. The number of amides is 1. The molecular formula is C16H22F2N2O2. The van der Waals surface area contributed by atoms with Crippen LogP contribution in [0.25, 0.3) is 0 Å². The van der Waals surface area contributed by atoms with Crippen LogP contribution in [0.1, 0.15) is 30.6 Å². The van der Waals surface area contributed by atoms with Crippen LogP contribution in [0.4, 0.5) is 8.78 Å². The van der Waals surface area contributed by atoms with Gasteiger partial charge in [-0.3, -0.25) is 4.79 Å². The van der Waals surface area contributed by atoms with Gasteiger partial charge in [-0.2, -0.15) is 0 Å². The van der Waals surface area contributed by atoms with Crippen LogP contribution in [0.15, 0.2) is 12.1 Å². The molecule has 2 rings (SSSR count). The van der Waals surface area contributed by atoms with E-state index in [9.17, 15) is 13.6 Å². The molecule has 0 radical (unpaired) electrons. The smallest absolute Gasteiger partial charge is 0.258 e. The van der Waals surface area contributed by atoms with Crippen molar-refractivity contribution >= 4 is 5.91 Å². The highest BCUT2D eigenvalue weighted by molar-refractivity contribution is 5.97. The van der Waals surface area contributed by atoms with E-state index >= 15 is 0 Å². The van der Waals surface area contributed by atoms with Crippen molar-refractivity contribution in [3.05, 3.63) is 29.3 Å². The minimum atomic E-state index is -1.17. The fraction of sp³-hybridized carbons (Fsp3) is 0.562. The Labute approximate surface area is 129 Å². The zero-order valence-electron chi connectivity index (χ0n) is 13.2. The molecule has 0 aromatic heterocycles. The van der Waals surface area contributed by atoms with Gasteiger partial charge in [0, 0.05) is 19.1 Å². The lowest BCUT2D eigenvalue weighted by molar-refractivity contribution is 0.0938. The monoisotopic (exact) mass is 312 g/mol. The van der Waals surface area contributed by atoms with E-state index in [1.807, 2.05) is 0 Å². The molecule has 1 aliphatic heterocycles. The summed E-state index contributed by atoms with van der Waals surface area (Å²) in [7, 11) is 1.32. The number of methoxy groups -OCH3 is 1. The van der Waals surface area contributed by atoms with Gasteiger partial charge in [-0.1, -0.05) is 0 Å². The van der Waals surface area contributed by atoms with Gasteiger partial charge in [-0.05, 0) is 44.9 Å². The van der Waals surface area contributed by atoms with Gasteiger partial charge in [-0.15, -0.1) is 0 Å². The molecule has 1 aromatic carbocycles. The van der Waals surface area contributed by atoms with E-state index in [0.29, 0.717) is 18.5 Å². The SMILES string of the molecule is COc1ccc(F)c(F)c1C(=O)NC[C@H]1CCN(C(C)C)C1. The van der Waals surface area contributed by atoms with Crippen LogP contribution in [-0.4, -0.2) is 43.6 Å². The van der Waals surface area contributed by atoms with E-state index in [1.54, 1.807) is 0 Å². The molecule has 1 heterocycles. The number of likely N-dealkylation sites (tertiary alicyclic amines) is 1. The van der Waals surface area contributed by atoms with Gasteiger partial charge in [0.05, 0.1) is 7.11 Å². The normalized spacial score (nSPS) is 18.7. The number of nitrogens with zero attached hydrogens (tertiary/aromatic N) is 1.